The van der Waals surface area contributed by atoms with E-state index in [1.807, 2.05) is 47.4 Å². The zero-order valence-electron chi connectivity index (χ0n) is 25.8. The number of amides is 1. The van der Waals surface area contributed by atoms with E-state index in [1.165, 1.54) is 34.7 Å². The van der Waals surface area contributed by atoms with E-state index in [1.54, 1.807) is 36.4 Å². The number of para-hydroxylation sites is 1. The Morgan fingerprint density at radius 1 is 0.696 bits per heavy atom. The van der Waals surface area contributed by atoms with Gasteiger partial charge in [-0.1, -0.05) is 103 Å². The molecule has 1 heterocycles. The Bertz CT molecular complexity index is 1800. The Morgan fingerprint density at radius 3 is 1.78 bits per heavy atom. The molecule has 1 aliphatic rings. The van der Waals surface area contributed by atoms with E-state index in [-0.39, 0.29) is 23.4 Å². The fraction of sp³-hybridized carbons (Fsp3) is 0.184. The minimum Gasteiger partial charge on any atom is -0.497 e. The first-order chi connectivity index (χ1) is 22.5. The van der Waals surface area contributed by atoms with Gasteiger partial charge in [0.2, 0.25) is 0 Å². The summed E-state index contributed by atoms with van der Waals surface area (Å²) in [6.07, 6.45) is 0. The van der Waals surface area contributed by atoms with Gasteiger partial charge in [0.05, 0.1) is 35.8 Å². The van der Waals surface area contributed by atoms with Crippen molar-refractivity contribution in [3.05, 3.63) is 162 Å². The van der Waals surface area contributed by atoms with Crippen molar-refractivity contribution in [2.75, 3.05) is 37.6 Å². The highest BCUT2D eigenvalue weighted by Gasteiger charge is 2.32. The van der Waals surface area contributed by atoms with Crippen LogP contribution >= 0.6 is 0 Å². The maximum atomic E-state index is 14.2. The summed E-state index contributed by atoms with van der Waals surface area (Å²) in [6.45, 7) is 2.48. The summed E-state index contributed by atoms with van der Waals surface area (Å²) in [4.78, 5) is 18.6. The molecule has 234 valence electrons. The van der Waals surface area contributed by atoms with Gasteiger partial charge in [0.25, 0.3) is 15.9 Å². The summed E-state index contributed by atoms with van der Waals surface area (Å²) in [5.41, 5.74) is 3.93. The molecule has 6 rings (SSSR count). The molecule has 0 N–H and O–H groups in total. The summed E-state index contributed by atoms with van der Waals surface area (Å²) in [7, 11) is -2.51. The van der Waals surface area contributed by atoms with Crippen LogP contribution in [0.1, 0.15) is 33.1 Å². The molecule has 46 heavy (non-hydrogen) atoms. The molecule has 0 atom stereocenters. The molecule has 8 heteroatoms. The highest BCUT2D eigenvalue weighted by Crippen LogP contribution is 2.33. The number of carbonyl (C=O) groups excluding carboxylic acids is 1. The number of sulfonamides is 1. The van der Waals surface area contributed by atoms with Gasteiger partial charge in [-0.2, -0.15) is 0 Å². The van der Waals surface area contributed by atoms with Gasteiger partial charge in [0.1, 0.15) is 5.75 Å². The maximum absolute atomic E-state index is 14.2. The largest absolute Gasteiger partial charge is 0.497 e. The molecule has 0 aromatic heterocycles. The van der Waals surface area contributed by atoms with Crippen LogP contribution in [-0.2, 0) is 16.6 Å². The van der Waals surface area contributed by atoms with Crippen LogP contribution < -0.4 is 9.04 Å². The van der Waals surface area contributed by atoms with Crippen LogP contribution in [0.4, 0.5) is 5.69 Å². The van der Waals surface area contributed by atoms with Gasteiger partial charge in [0.15, 0.2) is 0 Å². The molecule has 0 aliphatic carbocycles. The molecule has 1 aliphatic heterocycles. The second-order valence-corrected chi connectivity index (χ2v) is 13.1. The molecule has 1 amide bonds. The Hall–Kier alpha value is -4.92. The molecule has 5 aromatic rings. The van der Waals surface area contributed by atoms with Crippen molar-refractivity contribution in [3.8, 4) is 5.75 Å². The third-order valence-corrected chi connectivity index (χ3v) is 10.2. The van der Waals surface area contributed by atoms with Gasteiger partial charge in [0, 0.05) is 26.2 Å². The van der Waals surface area contributed by atoms with E-state index < -0.39 is 10.0 Å². The number of ether oxygens (including phenoxy) is 1. The SMILES string of the molecule is COc1ccc(S(=O)(=O)N(Cc2ccccc2)c2ccccc2C(=O)N2CCN(C(c3ccccc3)c3ccccc3)CC2)cc1. The second kappa shape index (κ2) is 14.0. The third kappa shape index (κ3) is 6.68. The molecule has 1 saturated heterocycles. The Morgan fingerprint density at radius 2 is 1.22 bits per heavy atom. The normalized spacial score (nSPS) is 13.8. The van der Waals surface area contributed by atoms with Gasteiger partial charge in [-0.05, 0) is 53.1 Å². The molecule has 7 nitrogen and oxygen atoms in total. The molecule has 5 aromatic carbocycles. The summed E-state index contributed by atoms with van der Waals surface area (Å²) in [5.74, 6) is 0.374. The van der Waals surface area contributed by atoms with Crippen molar-refractivity contribution in [1.82, 2.24) is 9.80 Å². The summed E-state index contributed by atoms with van der Waals surface area (Å²) in [5, 5.41) is 0. The highest BCUT2D eigenvalue weighted by atomic mass is 32.2. The second-order valence-electron chi connectivity index (χ2n) is 11.2. The lowest BCUT2D eigenvalue weighted by Gasteiger charge is -2.40. The molecule has 0 radical (unpaired) electrons. The standard InChI is InChI=1S/C38H37N3O4S/c1-45-33-21-23-34(24-22-33)46(43,44)41(29-30-13-5-2-6-14-30)36-20-12-11-19-35(36)38(42)40-27-25-39(26-28-40)37(31-15-7-3-8-16-31)32-17-9-4-10-18-32/h2-24,37H,25-29H2,1H3. The van der Waals surface area contributed by atoms with E-state index in [2.05, 4.69) is 53.4 Å². The first kappa shape index (κ1) is 31.1. The summed E-state index contributed by atoms with van der Waals surface area (Å²) >= 11 is 0. The number of carbonyl (C=O) groups is 1. The summed E-state index contributed by atoms with van der Waals surface area (Å²) in [6, 6.07) is 43.7. The van der Waals surface area contributed by atoms with Gasteiger partial charge < -0.3 is 9.64 Å². The van der Waals surface area contributed by atoms with Crippen molar-refractivity contribution in [1.29, 1.82) is 0 Å². The van der Waals surface area contributed by atoms with Crippen LogP contribution in [0.2, 0.25) is 0 Å². The van der Waals surface area contributed by atoms with Gasteiger partial charge in [-0.3, -0.25) is 14.0 Å². The molecule has 0 spiro atoms. The molecular weight excluding hydrogens is 595 g/mol. The maximum Gasteiger partial charge on any atom is 0.264 e. The number of benzene rings is 5. The summed E-state index contributed by atoms with van der Waals surface area (Å²) < 4.78 is 35.1. The Balaban J connectivity index is 1.29. The van der Waals surface area contributed by atoms with Crippen molar-refractivity contribution in [3.63, 3.8) is 0 Å². The molecule has 0 saturated carbocycles. The molecule has 0 bridgehead atoms. The van der Waals surface area contributed by atoms with E-state index >= 15 is 0 Å². The average Bonchev–Trinajstić information content (AvgIpc) is 3.12. The minimum absolute atomic E-state index is 0.0722. The Labute approximate surface area is 271 Å². The zero-order valence-corrected chi connectivity index (χ0v) is 26.6. The number of rotatable bonds is 10. The van der Waals surface area contributed by atoms with E-state index in [0.29, 0.717) is 43.2 Å². The quantitative estimate of drug-likeness (QED) is 0.173. The molecule has 0 unspecified atom stereocenters. The van der Waals surface area contributed by atoms with Crippen molar-refractivity contribution < 1.29 is 17.9 Å². The number of nitrogens with zero attached hydrogens (tertiary/aromatic N) is 3. The van der Waals surface area contributed by atoms with Gasteiger partial charge in [-0.25, -0.2) is 8.42 Å². The highest BCUT2D eigenvalue weighted by molar-refractivity contribution is 7.92. The minimum atomic E-state index is -4.05. The van der Waals surface area contributed by atoms with Crippen LogP contribution in [0.25, 0.3) is 0 Å². The van der Waals surface area contributed by atoms with Crippen LogP contribution in [0.5, 0.6) is 5.75 Å². The number of hydrogen-bond acceptors (Lipinski definition) is 5. The Kier molecular flexibility index (Phi) is 9.47. The predicted octanol–water partition coefficient (Wildman–Crippen LogP) is 6.64. The average molecular weight is 632 g/mol. The fourth-order valence-electron chi connectivity index (χ4n) is 6.03. The predicted molar refractivity (Wildman–Crippen MR) is 181 cm³/mol. The first-order valence-electron chi connectivity index (χ1n) is 15.4. The van der Waals surface area contributed by atoms with Gasteiger partial charge >= 0.3 is 0 Å². The number of hydrogen-bond donors (Lipinski definition) is 0. The van der Waals surface area contributed by atoms with Crippen molar-refractivity contribution >= 4 is 21.6 Å². The van der Waals surface area contributed by atoms with Gasteiger partial charge in [-0.15, -0.1) is 0 Å². The lowest BCUT2D eigenvalue weighted by atomic mass is 9.96. The third-order valence-electron chi connectivity index (χ3n) is 8.42. The lowest BCUT2D eigenvalue weighted by molar-refractivity contribution is 0.0598. The first-order valence-corrected chi connectivity index (χ1v) is 16.8. The van der Waals surface area contributed by atoms with Crippen LogP contribution in [0, 0.1) is 0 Å². The van der Waals surface area contributed by atoms with E-state index in [9.17, 15) is 13.2 Å². The fourth-order valence-corrected chi connectivity index (χ4v) is 7.51. The number of methoxy groups -OCH3 is 1. The molecular formula is C38H37N3O4S. The zero-order chi connectivity index (χ0) is 31.9. The van der Waals surface area contributed by atoms with Crippen LogP contribution in [-0.4, -0.2) is 57.4 Å². The topological polar surface area (TPSA) is 70.2 Å². The number of anilines is 1. The van der Waals surface area contributed by atoms with E-state index in [4.69, 9.17) is 4.74 Å². The smallest absolute Gasteiger partial charge is 0.264 e. The lowest BCUT2D eigenvalue weighted by Crippen LogP contribution is -2.50. The van der Waals surface area contributed by atoms with Crippen molar-refractivity contribution in [2.24, 2.45) is 0 Å². The monoisotopic (exact) mass is 631 g/mol. The number of piperazine rings is 1. The van der Waals surface area contributed by atoms with Crippen LogP contribution in [0.15, 0.2) is 144 Å². The van der Waals surface area contributed by atoms with E-state index in [0.717, 1.165) is 5.56 Å². The molecule has 1 fully saturated rings. The van der Waals surface area contributed by atoms with Crippen LogP contribution in [0.3, 0.4) is 0 Å². The van der Waals surface area contributed by atoms with Crippen molar-refractivity contribution in [2.45, 2.75) is 17.5 Å².